The number of hydrogen-bond donors (Lipinski definition) is 0. The maximum atomic E-state index is 12.8. The number of sulfone groups is 1. The highest BCUT2D eigenvalue weighted by Crippen LogP contribution is 2.26. The first-order valence-electron chi connectivity index (χ1n) is 10.8. The third kappa shape index (κ3) is 4.22. The van der Waals surface area contributed by atoms with E-state index in [9.17, 15) is 18.0 Å². The van der Waals surface area contributed by atoms with E-state index in [1.807, 2.05) is 4.90 Å². The summed E-state index contributed by atoms with van der Waals surface area (Å²) in [7, 11) is -3.59. The van der Waals surface area contributed by atoms with Crippen molar-refractivity contribution in [2.45, 2.75) is 36.7 Å². The molecule has 0 unspecified atom stereocenters. The van der Waals surface area contributed by atoms with Crippen molar-refractivity contribution >= 4 is 44.1 Å². The number of halogens is 1. The Bertz CT molecular complexity index is 1350. The third-order valence-electron chi connectivity index (χ3n) is 6.47. The number of piperidine rings is 1. The van der Waals surface area contributed by atoms with Crippen molar-refractivity contribution in [3.8, 4) is 0 Å². The highest BCUT2D eigenvalue weighted by molar-refractivity contribution is 7.91. The van der Waals surface area contributed by atoms with Crippen molar-refractivity contribution in [3.05, 3.63) is 59.6 Å². The second-order valence-electron chi connectivity index (χ2n) is 8.50. The lowest BCUT2D eigenvalue weighted by Gasteiger charge is -2.36. The number of aromatic nitrogens is 2. The fourth-order valence-electron chi connectivity index (χ4n) is 4.59. The summed E-state index contributed by atoms with van der Waals surface area (Å²) in [5.74, 6) is -0.412. The van der Waals surface area contributed by atoms with E-state index in [-0.39, 0.29) is 35.0 Å². The summed E-state index contributed by atoms with van der Waals surface area (Å²) in [6, 6.07) is 10.2. The molecular formula is C23H23ClN4O4S. The number of hydrogen-bond acceptors (Lipinski definition) is 5. The molecule has 2 aliphatic rings. The molecule has 5 rings (SSSR count). The van der Waals surface area contributed by atoms with Crippen LogP contribution in [0.25, 0.3) is 10.8 Å². The number of amides is 2. The number of carbonyl (C=O) groups excluding carboxylic acids is 2. The second kappa shape index (κ2) is 8.46. The lowest BCUT2D eigenvalue weighted by Crippen LogP contribution is -2.47. The Morgan fingerprint density at radius 3 is 2.58 bits per heavy atom. The Kier molecular flexibility index (Phi) is 5.62. The standard InChI is InChI=1S/C23H23ClN4O4S/c24-18-3-1-17-12-21(4-2-16(17)11-18)33(31,32)10-7-22(29)26-8-5-19(6-9-26)27-14-20-13-25-15-28(20)23(27)30/h1-4,11-13,15,19H,5-10,14H2. The summed E-state index contributed by atoms with van der Waals surface area (Å²) in [5, 5.41) is 2.24. The van der Waals surface area contributed by atoms with Crippen LogP contribution < -0.4 is 0 Å². The molecule has 3 heterocycles. The van der Waals surface area contributed by atoms with Crippen molar-refractivity contribution < 1.29 is 18.0 Å². The molecule has 2 amide bonds. The summed E-state index contributed by atoms with van der Waals surface area (Å²) < 4.78 is 27.2. The Hall–Kier alpha value is -2.91. The molecule has 1 aromatic heterocycles. The lowest BCUT2D eigenvalue weighted by molar-refractivity contribution is -0.132. The van der Waals surface area contributed by atoms with Gasteiger partial charge in [-0.05, 0) is 47.9 Å². The maximum Gasteiger partial charge on any atom is 0.330 e. The first-order chi connectivity index (χ1) is 15.8. The van der Waals surface area contributed by atoms with Gasteiger partial charge in [0.2, 0.25) is 5.91 Å². The zero-order valence-electron chi connectivity index (χ0n) is 17.9. The van der Waals surface area contributed by atoms with E-state index >= 15 is 0 Å². The molecule has 2 aromatic carbocycles. The molecular weight excluding hydrogens is 464 g/mol. The number of rotatable bonds is 5. The van der Waals surface area contributed by atoms with Crippen LogP contribution in [0, 0.1) is 0 Å². The second-order valence-corrected chi connectivity index (χ2v) is 11.0. The predicted molar refractivity (Wildman–Crippen MR) is 124 cm³/mol. The average Bonchev–Trinajstić information content (AvgIpc) is 3.40. The van der Waals surface area contributed by atoms with E-state index in [0.29, 0.717) is 37.5 Å². The van der Waals surface area contributed by atoms with Gasteiger partial charge in [0.15, 0.2) is 9.84 Å². The number of nitrogens with zero attached hydrogens (tertiary/aromatic N) is 4. The Morgan fingerprint density at radius 1 is 1.09 bits per heavy atom. The molecule has 1 saturated heterocycles. The summed E-state index contributed by atoms with van der Waals surface area (Å²) in [6.45, 7) is 1.56. The van der Waals surface area contributed by atoms with E-state index in [4.69, 9.17) is 11.6 Å². The smallest absolute Gasteiger partial charge is 0.330 e. The first-order valence-corrected chi connectivity index (χ1v) is 12.9. The average molecular weight is 487 g/mol. The van der Waals surface area contributed by atoms with Crippen molar-refractivity contribution in [2.75, 3.05) is 18.8 Å². The summed E-state index contributed by atoms with van der Waals surface area (Å²) in [6.07, 6.45) is 4.51. The number of likely N-dealkylation sites (tertiary alicyclic amines) is 1. The monoisotopic (exact) mass is 486 g/mol. The van der Waals surface area contributed by atoms with E-state index in [2.05, 4.69) is 4.98 Å². The fraction of sp³-hybridized carbons (Fsp3) is 0.348. The molecule has 33 heavy (non-hydrogen) atoms. The van der Waals surface area contributed by atoms with Gasteiger partial charge in [-0.1, -0.05) is 23.7 Å². The van der Waals surface area contributed by atoms with Crippen LogP contribution >= 0.6 is 11.6 Å². The van der Waals surface area contributed by atoms with E-state index < -0.39 is 9.84 Å². The van der Waals surface area contributed by atoms with Crippen molar-refractivity contribution in [2.24, 2.45) is 0 Å². The minimum Gasteiger partial charge on any atom is -0.343 e. The Morgan fingerprint density at radius 2 is 1.82 bits per heavy atom. The fourth-order valence-corrected chi connectivity index (χ4v) is 6.03. The predicted octanol–water partition coefficient (Wildman–Crippen LogP) is 3.33. The van der Waals surface area contributed by atoms with Gasteiger partial charge in [0.25, 0.3) is 0 Å². The SMILES string of the molecule is O=C(CCS(=O)(=O)c1ccc2cc(Cl)ccc2c1)N1CCC(N2Cc3cncn3C2=O)CC1. The number of fused-ring (bicyclic) bond motifs is 2. The van der Waals surface area contributed by atoms with Gasteiger partial charge >= 0.3 is 6.03 Å². The molecule has 172 valence electrons. The number of imidazole rings is 1. The highest BCUT2D eigenvalue weighted by Gasteiger charge is 2.35. The topological polar surface area (TPSA) is 92.6 Å². The Labute approximate surface area is 196 Å². The molecule has 0 atom stereocenters. The summed E-state index contributed by atoms with van der Waals surface area (Å²) >= 11 is 5.99. The van der Waals surface area contributed by atoms with Crippen molar-refractivity contribution in [1.82, 2.24) is 19.4 Å². The molecule has 0 N–H and O–H groups in total. The summed E-state index contributed by atoms with van der Waals surface area (Å²) in [5.41, 5.74) is 0.875. The first kappa shape index (κ1) is 21.9. The lowest BCUT2D eigenvalue weighted by atomic mass is 10.0. The van der Waals surface area contributed by atoms with Gasteiger partial charge in [0.1, 0.15) is 6.33 Å². The van der Waals surface area contributed by atoms with Gasteiger partial charge in [-0.3, -0.25) is 9.36 Å². The molecule has 3 aromatic rings. The van der Waals surface area contributed by atoms with Crippen LogP contribution in [0.2, 0.25) is 5.02 Å². The van der Waals surface area contributed by atoms with Crippen LogP contribution in [0.15, 0.2) is 53.8 Å². The van der Waals surface area contributed by atoms with Crippen LogP contribution in [-0.2, 0) is 21.2 Å². The molecule has 1 fully saturated rings. The van der Waals surface area contributed by atoms with Crippen molar-refractivity contribution in [3.63, 3.8) is 0 Å². The third-order valence-corrected chi connectivity index (χ3v) is 8.42. The van der Waals surface area contributed by atoms with Crippen LogP contribution in [-0.4, -0.2) is 64.6 Å². The number of carbonyl (C=O) groups is 2. The molecule has 0 radical (unpaired) electrons. The largest absolute Gasteiger partial charge is 0.343 e. The quantitative estimate of drug-likeness (QED) is 0.551. The maximum absolute atomic E-state index is 12.8. The van der Waals surface area contributed by atoms with Gasteiger partial charge in [0, 0.05) is 30.6 Å². The van der Waals surface area contributed by atoms with Gasteiger partial charge in [-0.2, -0.15) is 0 Å². The van der Waals surface area contributed by atoms with Gasteiger partial charge in [0.05, 0.1) is 29.1 Å². The van der Waals surface area contributed by atoms with E-state index in [0.717, 1.165) is 16.5 Å². The zero-order chi connectivity index (χ0) is 23.2. The van der Waals surface area contributed by atoms with Crippen LogP contribution in [0.3, 0.4) is 0 Å². The molecule has 2 aliphatic heterocycles. The van der Waals surface area contributed by atoms with E-state index in [1.54, 1.807) is 52.1 Å². The molecule has 0 spiro atoms. The van der Waals surface area contributed by atoms with Crippen LogP contribution in [0.1, 0.15) is 25.0 Å². The molecule has 8 nitrogen and oxygen atoms in total. The molecule has 0 saturated carbocycles. The number of benzene rings is 2. The van der Waals surface area contributed by atoms with E-state index in [1.165, 1.54) is 6.33 Å². The van der Waals surface area contributed by atoms with Crippen molar-refractivity contribution in [1.29, 1.82) is 0 Å². The van der Waals surface area contributed by atoms with Gasteiger partial charge in [-0.15, -0.1) is 0 Å². The van der Waals surface area contributed by atoms with Crippen LogP contribution in [0.5, 0.6) is 0 Å². The van der Waals surface area contributed by atoms with Crippen LogP contribution in [0.4, 0.5) is 4.79 Å². The normalized spacial score (nSPS) is 17.1. The Balaban J connectivity index is 1.17. The zero-order valence-corrected chi connectivity index (χ0v) is 19.4. The highest BCUT2D eigenvalue weighted by atomic mass is 35.5. The summed E-state index contributed by atoms with van der Waals surface area (Å²) in [4.78, 5) is 33.0. The minimum atomic E-state index is -3.59. The molecule has 10 heteroatoms. The molecule has 0 aliphatic carbocycles. The van der Waals surface area contributed by atoms with Gasteiger partial charge < -0.3 is 9.80 Å². The minimum absolute atomic E-state index is 0.0641. The molecule has 0 bridgehead atoms. The van der Waals surface area contributed by atoms with Gasteiger partial charge in [-0.25, -0.2) is 18.2 Å².